The highest BCUT2D eigenvalue weighted by Gasteiger charge is 2.64. The molecular formula is C19H28O4. The van der Waals surface area contributed by atoms with E-state index in [4.69, 9.17) is 0 Å². The number of ketones is 4. The average Bonchev–Trinajstić information content (AvgIpc) is 2.52. The van der Waals surface area contributed by atoms with Crippen LogP contribution < -0.4 is 0 Å². The SMILES string of the molecule is CCC(=O)C1(C2C(=O)C(C)(C)C(=O)C(C)(C)C2=O)CCCCC1. The summed E-state index contributed by atoms with van der Waals surface area (Å²) in [5.74, 6) is -1.99. The Morgan fingerprint density at radius 3 is 1.74 bits per heavy atom. The molecule has 2 aliphatic carbocycles. The molecular weight excluding hydrogens is 292 g/mol. The van der Waals surface area contributed by atoms with Crippen molar-refractivity contribution in [1.29, 1.82) is 0 Å². The van der Waals surface area contributed by atoms with Gasteiger partial charge in [-0.2, -0.15) is 0 Å². The molecule has 0 aromatic carbocycles. The van der Waals surface area contributed by atoms with Crippen molar-refractivity contribution in [2.45, 2.75) is 73.1 Å². The molecule has 0 amide bonds. The van der Waals surface area contributed by atoms with E-state index in [1.54, 1.807) is 34.6 Å². The van der Waals surface area contributed by atoms with Gasteiger partial charge in [0.2, 0.25) is 0 Å². The Labute approximate surface area is 138 Å². The molecule has 0 bridgehead atoms. The average molecular weight is 320 g/mol. The van der Waals surface area contributed by atoms with Crippen molar-refractivity contribution in [3.63, 3.8) is 0 Å². The minimum absolute atomic E-state index is 0.00449. The van der Waals surface area contributed by atoms with E-state index in [0.717, 1.165) is 19.3 Å². The van der Waals surface area contributed by atoms with Crippen LogP contribution >= 0.6 is 0 Å². The lowest BCUT2D eigenvalue weighted by Gasteiger charge is -2.49. The smallest absolute Gasteiger partial charge is 0.158 e. The second-order valence-electron chi connectivity index (χ2n) is 8.23. The molecule has 2 aliphatic rings. The van der Waals surface area contributed by atoms with Gasteiger partial charge in [0.15, 0.2) is 17.3 Å². The third-order valence-corrected chi connectivity index (χ3v) is 6.07. The van der Waals surface area contributed by atoms with E-state index in [1.807, 2.05) is 0 Å². The molecule has 0 aliphatic heterocycles. The highest BCUT2D eigenvalue weighted by Crippen LogP contribution is 2.52. The summed E-state index contributed by atoms with van der Waals surface area (Å²) < 4.78 is 0. The van der Waals surface area contributed by atoms with Crippen molar-refractivity contribution >= 4 is 23.1 Å². The zero-order valence-electron chi connectivity index (χ0n) is 15.0. The van der Waals surface area contributed by atoms with Gasteiger partial charge in [-0.25, -0.2) is 0 Å². The Bertz CT molecular complexity index is 532. The molecule has 2 fully saturated rings. The lowest BCUT2D eigenvalue weighted by Crippen LogP contribution is -2.63. The molecule has 4 heteroatoms. The van der Waals surface area contributed by atoms with Crippen LogP contribution in [0.25, 0.3) is 0 Å². The minimum Gasteiger partial charge on any atom is -0.299 e. The normalized spacial score (nSPS) is 27.1. The Hall–Kier alpha value is -1.32. The molecule has 4 nitrogen and oxygen atoms in total. The van der Waals surface area contributed by atoms with E-state index >= 15 is 0 Å². The van der Waals surface area contributed by atoms with Gasteiger partial charge >= 0.3 is 0 Å². The summed E-state index contributed by atoms with van der Waals surface area (Å²) >= 11 is 0. The standard InChI is InChI=1S/C19H28O4/c1-6-12(20)19(10-8-7-9-11-19)13-14(21)17(2,3)16(23)18(4,5)15(13)22/h13H,6-11H2,1-5H3. The van der Waals surface area contributed by atoms with Gasteiger partial charge in [-0.1, -0.05) is 26.2 Å². The topological polar surface area (TPSA) is 68.3 Å². The maximum atomic E-state index is 13.1. The van der Waals surface area contributed by atoms with E-state index in [-0.39, 0.29) is 23.1 Å². The van der Waals surface area contributed by atoms with Crippen LogP contribution in [0, 0.1) is 22.2 Å². The van der Waals surface area contributed by atoms with Gasteiger partial charge in [0.05, 0.1) is 16.7 Å². The first-order valence-electron chi connectivity index (χ1n) is 8.70. The number of rotatable bonds is 3. The summed E-state index contributed by atoms with van der Waals surface area (Å²) in [6.45, 7) is 8.20. The summed E-state index contributed by atoms with van der Waals surface area (Å²) in [5, 5.41) is 0. The van der Waals surface area contributed by atoms with Crippen LogP contribution in [0.15, 0.2) is 0 Å². The highest BCUT2D eigenvalue weighted by molar-refractivity contribution is 6.29. The maximum Gasteiger partial charge on any atom is 0.158 e. The molecule has 0 aromatic rings. The molecule has 0 heterocycles. The van der Waals surface area contributed by atoms with E-state index in [1.165, 1.54) is 0 Å². The van der Waals surface area contributed by atoms with Crippen LogP contribution in [0.1, 0.15) is 73.1 Å². The number of hydrogen-bond donors (Lipinski definition) is 0. The fraction of sp³-hybridized carbons (Fsp3) is 0.789. The molecule has 0 radical (unpaired) electrons. The predicted octanol–water partition coefficient (Wildman–Crippen LogP) is 3.31. The first kappa shape index (κ1) is 18.0. The fourth-order valence-electron chi connectivity index (χ4n) is 4.61. The van der Waals surface area contributed by atoms with Crippen molar-refractivity contribution < 1.29 is 19.2 Å². The Morgan fingerprint density at radius 1 is 0.913 bits per heavy atom. The van der Waals surface area contributed by atoms with Crippen LogP contribution in [0.5, 0.6) is 0 Å². The molecule has 0 spiro atoms. The van der Waals surface area contributed by atoms with Gasteiger partial charge in [0, 0.05) is 11.8 Å². The zero-order valence-corrected chi connectivity index (χ0v) is 15.0. The van der Waals surface area contributed by atoms with E-state index in [2.05, 4.69) is 0 Å². The number of carbonyl (C=O) groups is 4. The summed E-state index contributed by atoms with van der Waals surface area (Å²) in [5.41, 5.74) is -3.31. The summed E-state index contributed by atoms with van der Waals surface area (Å²) in [7, 11) is 0. The van der Waals surface area contributed by atoms with Crippen molar-refractivity contribution in [3.05, 3.63) is 0 Å². The number of carbonyl (C=O) groups excluding carboxylic acids is 4. The Kier molecular flexibility index (Phi) is 4.42. The van der Waals surface area contributed by atoms with Gasteiger partial charge in [0.1, 0.15) is 5.78 Å². The first-order chi connectivity index (χ1) is 10.5. The van der Waals surface area contributed by atoms with Crippen molar-refractivity contribution in [2.24, 2.45) is 22.2 Å². The monoisotopic (exact) mass is 320 g/mol. The third-order valence-electron chi connectivity index (χ3n) is 6.07. The maximum absolute atomic E-state index is 13.1. The molecule has 2 rings (SSSR count). The van der Waals surface area contributed by atoms with Crippen LogP contribution in [0.2, 0.25) is 0 Å². The van der Waals surface area contributed by atoms with E-state index in [0.29, 0.717) is 19.3 Å². The lowest BCUT2D eigenvalue weighted by atomic mass is 9.49. The molecule has 0 N–H and O–H groups in total. The van der Waals surface area contributed by atoms with Gasteiger partial charge in [-0.3, -0.25) is 19.2 Å². The molecule has 0 saturated heterocycles. The molecule has 0 atom stereocenters. The van der Waals surface area contributed by atoms with Crippen LogP contribution in [0.3, 0.4) is 0 Å². The highest BCUT2D eigenvalue weighted by atomic mass is 16.2. The number of Topliss-reactive ketones (excluding diaryl/α,β-unsaturated/α-hetero) is 4. The Balaban J connectivity index is 2.62. The third kappa shape index (κ3) is 2.41. The van der Waals surface area contributed by atoms with Gasteiger partial charge in [-0.15, -0.1) is 0 Å². The summed E-state index contributed by atoms with van der Waals surface area (Å²) in [6, 6.07) is 0. The summed E-state index contributed by atoms with van der Waals surface area (Å²) in [4.78, 5) is 51.6. The largest absolute Gasteiger partial charge is 0.299 e. The predicted molar refractivity (Wildman–Crippen MR) is 86.9 cm³/mol. The van der Waals surface area contributed by atoms with Gasteiger partial charge in [0.25, 0.3) is 0 Å². The first-order valence-corrected chi connectivity index (χ1v) is 8.70. The number of hydrogen-bond acceptors (Lipinski definition) is 4. The quantitative estimate of drug-likeness (QED) is 0.748. The van der Waals surface area contributed by atoms with Crippen molar-refractivity contribution in [2.75, 3.05) is 0 Å². The van der Waals surface area contributed by atoms with Crippen LogP contribution in [-0.2, 0) is 19.2 Å². The molecule has 0 unspecified atom stereocenters. The van der Waals surface area contributed by atoms with Crippen molar-refractivity contribution in [3.8, 4) is 0 Å². The molecule has 23 heavy (non-hydrogen) atoms. The Morgan fingerprint density at radius 2 is 1.35 bits per heavy atom. The summed E-state index contributed by atoms with van der Waals surface area (Å²) in [6.07, 6.45) is 4.24. The molecule has 2 saturated carbocycles. The van der Waals surface area contributed by atoms with E-state index in [9.17, 15) is 19.2 Å². The second kappa shape index (κ2) is 5.64. The fourth-order valence-corrected chi connectivity index (χ4v) is 4.61. The zero-order chi connectivity index (χ0) is 17.6. The van der Waals surface area contributed by atoms with Crippen LogP contribution in [0.4, 0.5) is 0 Å². The van der Waals surface area contributed by atoms with Gasteiger partial charge < -0.3 is 0 Å². The van der Waals surface area contributed by atoms with Crippen LogP contribution in [-0.4, -0.2) is 23.1 Å². The molecule has 0 aromatic heterocycles. The second-order valence-corrected chi connectivity index (χ2v) is 8.23. The van der Waals surface area contributed by atoms with E-state index < -0.39 is 22.2 Å². The molecule has 128 valence electrons. The van der Waals surface area contributed by atoms with Crippen molar-refractivity contribution in [1.82, 2.24) is 0 Å². The minimum atomic E-state index is -1.21. The lowest BCUT2D eigenvalue weighted by molar-refractivity contribution is -0.168. The van der Waals surface area contributed by atoms with Gasteiger partial charge in [-0.05, 0) is 40.5 Å².